The van der Waals surface area contributed by atoms with Gasteiger partial charge < -0.3 is 35.8 Å². The number of benzene rings is 2. The van der Waals surface area contributed by atoms with Crippen molar-refractivity contribution in [2.45, 2.75) is 82.0 Å². The van der Waals surface area contributed by atoms with Gasteiger partial charge in [-0.15, -0.1) is 0 Å². The van der Waals surface area contributed by atoms with Crippen LogP contribution in [0.5, 0.6) is 0 Å². The predicted molar refractivity (Wildman–Crippen MR) is 183 cm³/mol. The predicted octanol–water partition coefficient (Wildman–Crippen LogP) is 1.81. The summed E-state index contributed by atoms with van der Waals surface area (Å²) in [5.41, 5.74) is 2.51. The number of aliphatic hydroxyl groups excluding tert-OH is 1. The molecule has 2 aromatic carbocycles. The molecule has 0 bridgehead atoms. The quantitative estimate of drug-likeness (QED) is 0.269. The molecule has 260 valence electrons. The molecule has 3 heterocycles. The molecule has 5 amide bonds. The number of rotatable bonds is 6. The van der Waals surface area contributed by atoms with Gasteiger partial charge >= 0.3 is 0 Å². The van der Waals surface area contributed by atoms with Crippen LogP contribution in [0.3, 0.4) is 0 Å². The normalized spacial score (nSPS) is 24.8. The van der Waals surface area contributed by atoms with Gasteiger partial charge in [0.15, 0.2) is 0 Å². The first-order valence-electron chi connectivity index (χ1n) is 17.5. The van der Waals surface area contributed by atoms with Crippen molar-refractivity contribution in [2.24, 2.45) is 5.92 Å². The molecule has 2 aliphatic heterocycles. The first-order valence-corrected chi connectivity index (χ1v) is 17.5. The van der Waals surface area contributed by atoms with Gasteiger partial charge in [0.05, 0.1) is 12.6 Å². The Morgan fingerprint density at radius 2 is 1.61 bits per heavy atom. The lowest BCUT2D eigenvalue weighted by Gasteiger charge is -2.30. The molecule has 0 spiro atoms. The Labute approximate surface area is 286 Å². The van der Waals surface area contributed by atoms with E-state index in [9.17, 15) is 29.1 Å². The van der Waals surface area contributed by atoms with Gasteiger partial charge in [-0.2, -0.15) is 0 Å². The Bertz CT molecular complexity index is 1650. The van der Waals surface area contributed by atoms with Crippen LogP contribution in [0, 0.1) is 5.92 Å². The van der Waals surface area contributed by atoms with E-state index in [1.807, 2.05) is 54.6 Å². The first kappa shape index (κ1) is 34.2. The molecule has 12 heteroatoms. The number of carbonyl (C=O) groups excluding carboxylic acids is 5. The third-order valence-electron chi connectivity index (χ3n) is 10.1. The number of nitrogens with one attached hydrogen (secondary N) is 4. The maximum atomic E-state index is 14.3. The van der Waals surface area contributed by atoms with Crippen molar-refractivity contribution < 1.29 is 29.1 Å². The highest BCUT2D eigenvalue weighted by molar-refractivity contribution is 5.96. The Kier molecular flexibility index (Phi) is 10.9. The van der Waals surface area contributed by atoms with E-state index in [4.69, 9.17) is 0 Å². The minimum Gasteiger partial charge on any atom is -0.391 e. The van der Waals surface area contributed by atoms with Crippen LogP contribution in [0.15, 0.2) is 60.8 Å². The maximum Gasteiger partial charge on any atom is 0.246 e. The summed E-state index contributed by atoms with van der Waals surface area (Å²) in [6.45, 7) is -0.206. The maximum absolute atomic E-state index is 14.3. The largest absolute Gasteiger partial charge is 0.391 e. The zero-order valence-corrected chi connectivity index (χ0v) is 27.7. The smallest absolute Gasteiger partial charge is 0.246 e. The Morgan fingerprint density at radius 1 is 0.857 bits per heavy atom. The summed E-state index contributed by atoms with van der Waals surface area (Å²) in [7, 11) is 0. The minimum atomic E-state index is -1.08. The average molecular weight is 671 g/mol. The summed E-state index contributed by atoms with van der Waals surface area (Å²) >= 11 is 0. The fourth-order valence-corrected chi connectivity index (χ4v) is 7.46. The lowest BCUT2D eigenvalue weighted by Crippen LogP contribution is -2.57. The lowest BCUT2D eigenvalue weighted by molar-refractivity contribution is -0.142. The minimum absolute atomic E-state index is 0.00551. The van der Waals surface area contributed by atoms with Gasteiger partial charge in [-0.1, -0.05) is 67.8 Å². The molecule has 1 aliphatic carbocycles. The number of nitrogens with zero attached hydrogens (tertiary/aromatic N) is 2. The summed E-state index contributed by atoms with van der Waals surface area (Å²) in [6.07, 6.45) is 6.72. The molecule has 5 N–H and O–H groups in total. The first-order chi connectivity index (χ1) is 23.7. The molecule has 0 unspecified atom stereocenters. The molecule has 1 aromatic heterocycles. The number of carbonyl (C=O) groups is 5. The fourth-order valence-electron chi connectivity index (χ4n) is 7.46. The SMILES string of the molecule is O=C1CN(C(=O)CC2CCCCC2)CCNC(=O)[C@H](Cc2ccccc2)NC(=O)[C@@H]2C[C@@H](O)CN2C(=O)[C@@H](Cc2c[nH]c3ccccc23)N1. The van der Waals surface area contributed by atoms with Crippen LogP contribution in [0.2, 0.25) is 0 Å². The summed E-state index contributed by atoms with van der Waals surface area (Å²) in [5.74, 6) is -1.96. The van der Waals surface area contributed by atoms with E-state index in [1.165, 1.54) is 9.80 Å². The summed E-state index contributed by atoms with van der Waals surface area (Å²) < 4.78 is 0. The van der Waals surface area contributed by atoms with Crippen LogP contribution < -0.4 is 16.0 Å². The van der Waals surface area contributed by atoms with Crippen LogP contribution in [-0.4, -0.2) is 99.8 Å². The van der Waals surface area contributed by atoms with Gasteiger partial charge in [0.1, 0.15) is 18.1 Å². The van der Waals surface area contributed by atoms with Crippen molar-refractivity contribution in [2.75, 3.05) is 26.2 Å². The molecule has 12 nitrogen and oxygen atoms in total. The van der Waals surface area contributed by atoms with E-state index >= 15 is 0 Å². The number of aromatic nitrogens is 1. The number of H-pyrrole nitrogens is 1. The van der Waals surface area contributed by atoms with Crippen LogP contribution in [0.1, 0.15) is 56.1 Å². The Balaban J connectivity index is 1.31. The third-order valence-corrected chi connectivity index (χ3v) is 10.1. The fraction of sp³-hybridized carbons (Fsp3) is 0.486. The van der Waals surface area contributed by atoms with Gasteiger partial charge in [-0.3, -0.25) is 24.0 Å². The highest BCUT2D eigenvalue weighted by Gasteiger charge is 2.43. The zero-order valence-electron chi connectivity index (χ0n) is 27.7. The third kappa shape index (κ3) is 8.48. The van der Waals surface area contributed by atoms with Crippen molar-refractivity contribution in [1.29, 1.82) is 0 Å². The van der Waals surface area contributed by atoms with Crippen LogP contribution in [-0.2, 0) is 36.8 Å². The van der Waals surface area contributed by atoms with Gasteiger partial charge in [0, 0.05) is 62.4 Å². The number of amides is 5. The Hall–Kier alpha value is -4.71. The lowest BCUT2D eigenvalue weighted by atomic mass is 9.86. The van der Waals surface area contributed by atoms with E-state index < -0.39 is 47.9 Å². The number of hydrogen-bond acceptors (Lipinski definition) is 6. The summed E-state index contributed by atoms with van der Waals surface area (Å²) in [5, 5.41) is 20.2. The van der Waals surface area contributed by atoms with E-state index in [0.29, 0.717) is 6.42 Å². The molecule has 3 aliphatic rings. The van der Waals surface area contributed by atoms with Crippen LogP contribution in [0.4, 0.5) is 0 Å². The molecule has 2 saturated heterocycles. The molecule has 3 fully saturated rings. The molecule has 49 heavy (non-hydrogen) atoms. The van der Waals surface area contributed by atoms with E-state index in [0.717, 1.165) is 54.1 Å². The topological polar surface area (TPSA) is 164 Å². The number of fused-ring (bicyclic) bond motifs is 2. The number of aliphatic hydroxyl groups is 1. The second kappa shape index (κ2) is 15.7. The van der Waals surface area contributed by atoms with Crippen LogP contribution in [0.25, 0.3) is 10.9 Å². The van der Waals surface area contributed by atoms with E-state index in [2.05, 4.69) is 20.9 Å². The second-order valence-corrected chi connectivity index (χ2v) is 13.6. The molecule has 0 radical (unpaired) electrons. The molecular formula is C37H46N6O6. The standard InChI is InChI=1S/C37H46N6O6/c44-27-20-32-36(48)41-30(17-24-9-3-1-4-10-24)35(47)38-15-16-42(34(46)18-25-11-5-2-6-12-25)23-33(45)40-31(37(49)43(32)22-27)19-26-21-39-29-14-8-7-13-28(26)29/h1,3-4,7-10,13-14,21,25,27,30-32,39,44H,2,5-6,11-12,15-20,22-23H2,(H,38,47)(H,40,45)(H,41,48)/t27-,30+,31-,32+/m1/s1. The molecular weight excluding hydrogens is 624 g/mol. The van der Waals surface area contributed by atoms with Gasteiger partial charge in [0.2, 0.25) is 29.5 Å². The summed E-state index contributed by atoms with van der Waals surface area (Å²) in [6, 6.07) is 13.8. The number of hydrogen-bond donors (Lipinski definition) is 5. The Morgan fingerprint density at radius 3 is 2.41 bits per heavy atom. The monoisotopic (exact) mass is 670 g/mol. The zero-order chi connectivity index (χ0) is 34.3. The van der Waals surface area contributed by atoms with Gasteiger partial charge in [-0.25, -0.2) is 0 Å². The second-order valence-electron chi connectivity index (χ2n) is 13.6. The van der Waals surface area contributed by atoms with Crippen molar-refractivity contribution >= 4 is 40.4 Å². The summed E-state index contributed by atoms with van der Waals surface area (Å²) in [4.78, 5) is 75.1. The number of para-hydroxylation sites is 1. The van der Waals surface area contributed by atoms with Crippen molar-refractivity contribution in [3.05, 3.63) is 71.9 Å². The van der Waals surface area contributed by atoms with E-state index in [-0.39, 0.29) is 57.3 Å². The molecule has 4 atom stereocenters. The van der Waals surface area contributed by atoms with Crippen molar-refractivity contribution in [1.82, 2.24) is 30.7 Å². The highest BCUT2D eigenvalue weighted by atomic mass is 16.3. The van der Waals surface area contributed by atoms with Crippen molar-refractivity contribution in [3.8, 4) is 0 Å². The van der Waals surface area contributed by atoms with E-state index in [1.54, 1.807) is 6.20 Å². The van der Waals surface area contributed by atoms with Crippen molar-refractivity contribution in [3.63, 3.8) is 0 Å². The highest BCUT2D eigenvalue weighted by Crippen LogP contribution is 2.27. The molecule has 3 aromatic rings. The van der Waals surface area contributed by atoms with Gasteiger partial charge in [0.25, 0.3) is 0 Å². The number of aromatic amines is 1. The molecule has 6 rings (SSSR count). The molecule has 1 saturated carbocycles. The van der Waals surface area contributed by atoms with Gasteiger partial charge in [-0.05, 0) is 36.0 Å². The van der Waals surface area contributed by atoms with Crippen LogP contribution >= 0.6 is 0 Å². The average Bonchev–Trinajstić information content (AvgIpc) is 3.70.